The molecule has 0 radical (unpaired) electrons. The number of nitrogens with one attached hydrogen (secondary N) is 4. The predicted octanol–water partition coefficient (Wildman–Crippen LogP) is 5.65. The van der Waals surface area contributed by atoms with Gasteiger partial charge in [0, 0.05) is 49.3 Å². The van der Waals surface area contributed by atoms with Crippen LogP contribution in [0.3, 0.4) is 0 Å². The van der Waals surface area contributed by atoms with Gasteiger partial charge in [-0.1, -0.05) is 25.0 Å². The van der Waals surface area contributed by atoms with Crippen molar-refractivity contribution in [2.45, 2.75) is 44.0 Å². The Bertz CT molecular complexity index is 1700. The maximum absolute atomic E-state index is 12.1. The monoisotopic (exact) mass is 807 g/mol. The maximum Gasteiger partial charge on any atom is 0.511 e. The van der Waals surface area contributed by atoms with Crippen LogP contribution in [0.25, 0.3) is 22.8 Å². The molecule has 0 aliphatic carbocycles. The number of aromatic nitrogens is 4. The average molecular weight is 809 g/mol. The molecular formula is C27H38Cl2F3N9O4S4. The van der Waals surface area contributed by atoms with Crippen LogP contribution in [0, 0.1) is 0 Å². The lowest BCUT2D eigenvalue weighted by Gasteiger charge is -2.09. The number of anilines is 2. The van der Waals surface area contributed by atoms with E-state index in [4.69, 9.17) is 5.14 Å². The number of unbranched alkanes of at least 4 members (excludes halogenated alkanes) is 4. The summed E-state index contributed by atoms with van der Waals surface area (Å²) in [5.41, 5.74) is -1.98. The second-order valence-electron chi connectivity index (χ2n) is 9.76. The normalized spacial score (nSPS) is 11.4. The fraction of sp³-hybridized carbons (Fsp3) is 0.407. The maximum atomic E-state index is 12.1. The first-order chi connectivity index (χ1) is 22.3. The van der Waals surface area contributed by atoms with Crippen LogP contribution in [0.4, 0.5) is 23.4 Å². The molecule has 4 aromatic rings. The molecule has 22 heteroatoms. The quantitative estimate of drug-likeness (QED) is 0.0785. The molecule has 0 amide bonds. The molecule has 6 N–H and O–H groups in total. The zero-order valence-electron chi connectivity index (χ0n) is 25.9. The highest BCUT2D eigenvalue weighted by Gasteiger charge is 2.45. The number of rotatable bonds is 18. The van der Waals surface area contributed by atoms with E-state index in [1.807, 2.05) is 47.2 Å². The summed E-state index contributed by atoms with van der Waals surface area (Å²) < 4.78 is 83.0. The SMILES string of the molecule is Cl.Cl.NS(=O)(=O)NCCCCCNc1nc(-c2ccccn2)cs1.O=S(=O)(NCCCCCNc1nc(-c2ccccn2)cs1)C(F)(F)F. The highest BCUT2D eigenvalue weighted by molar-refractivity contribution is 7.90. The Balaban J connectivity index is 0.000000474. The van der Waals surface area contributed by atoms with Gasteiger partial charge < -0.3 is 10.6 Å². The molecule has 0 fully saturated rings. The van der Waals surface area contributed by atoms with Gasteiger partial charge in [-0.05, 0) is 49.9 Å². The van der Waals surface area contributed by atoms with Gasteiger partial charge in [0.1, 0.15) is 11.4 Å². The lowest BCUT2D eigenvalue weighted by molar-refractivity contribution is -0.0447. The van der Waals surface area contributed by atoms with Crippen molar-refractivity contribution in [1.82, 2.24) is 29.4 Å². The molecule has 0 aromatic carbocycles. The lowest BCUT2D eigenvalue weighted by Crippen LogP contribution is -2.36. The van der Waals surface area contributed by atoms with Gasteiger partial charge in [-0.15, -0.1) is 47.5 Å². The molecule has 49 heavy (non-hydrogen) atoms. The first kappa shape index (κ1) is 44.3. The molecule has 0 aliphatic rings. The van der Waals surface area contributed by atoms with Crippen molar-refractivity contribution in [1.29, 1.82) is 0 Å². The summed E-state index contributed by atoms with van der Waals surface area (Å²) in [6.07, 6.45) is 7.65. The minimum absolute atomic E-state index is 0. The number of alkyl halides is 3. The number of halogens is 5. The third kappa shape index (κ3) is 17.2. The summed E-state index contributed by atoms with van der Waals surface area (Å²) in [5.74, 6) is 0. The van der Waals surface area contributed by atoms with Crippen molar-refractivity contribution in [3.63, 3.8) is 0 Å². The van der Waals surface area contributed by atoms with E-state index in [-0.39, 0.29) is 31.4 Å². The molecular weight excluding hydrogens is 771 g/mol. The fourth-order valence-electron chi connectivity index (χ4n) is 3.72. The molecule has 13 nitrogen and oxygen atoms in total. The second-order valence-corrected chi connectivity index (χ2v) is 14.6. The predicted molar refractivity (Wildman–Crippen MR) is 194 cm³/mol. The molecule has 0 bridgehead atoms. The van der Waals surface area contributed by atoms with Crippen LogP contribution >= 0.6 is 47.5 Å². The summed E-state index contributed by atoms with van der Waals surface area (Å²) in [6, 6.07) is 11.3. The molecule has 0 saturated carbocycles. The molecule has 4 rings (SSSR count). The topological polar surface area (TPSA) is 194 Å². The van der Waals surface area contributed by atoms with Crippen molar-refractivity contribution >= 4 is 78.0 Å². The van der Waals surface area contributed by atoms with Crippen molar-refractivity contribution in [3.05, 3.63) is 59.6 Å². The Hall–Kier alpha value is -2.69. The van der Waals surface area contributed by atoms with Crippen LogP contribution in [0.5, 0.6) is 0 Å². The highest BCUT2D eigenvalue weighted by Crippen LogP contribution is 2.24. The first-order valence-electron chi connectivity index (χ1n) is 14.4. The van der Waals surface area contributed by atoms with E-state index in [2.05, 4.69) is 35.3 Å². The van der Waals surface area contributed by atoms with Gasteiger partial charge in [-0.25, -0.2) is 33.0 Å². The van der Waals surface area contributed by atoms with Crippen LogP contribution in [-0.2, 0) is 20.2 Å². The highest BCUT2D eigenvalue weighted by atomic mass is 35.5. The molecule has 4 heterocycles. The number of sulfonamides is 1. The lowest BCUT2D eigenvalue weighted by atomic mass is 10.2. The first-order valence-corrected chi connectivity index (χ1v) is 19.2. The Labute approximate surface area is 304 Å². The third-order valence-corrected chi connectivity index (χ3v) is 9.42. The summed E-state index contributed by atoms with van der Waals surface area (Å²) in [7, 11) is -8.80. The molecule has 0 spiro atoms. The van der Waals surface area contributed by atoms with E-state index in [0.29, 0.717) is 32.4 Å². The van der Waals surface area contributed by atoms with E-state index in [1.54, 1.807) is 23.7 Å². The van der Waals surface area contributed by atoms with Crippen molar-refractivity contribution in [3.8, 4) is 22.8 Å². The number of pyridine rings is 2. The Kier molecular flexibility index (Phi) is 20.1. The van der Waals surface area contributed by atoms with Crippen LogP contribution in [0.1, 0.15) is 38.5 Å². The van der Waals surface area contributed by atoms with E-state index < -0.39 is 25.7 Å². The molecule has 0 unspecified atom stereocenters. The van der Waals surface area contributed by atoms with Gasteiger partial charge in [-0.3, -0.25) is 9.97 Å². The Morgan fingerprint density at radius 3 is 1.45 bits per heavy atom. The van der Waals surface area contributed by atoms with Crippen LogP contribution < -0.4 is 25.2 Å². The summed E-state index contributed by atoms with van der Waals surface area (Å²) in [4.78, 5) is 17.4. The summed E-state index contributed by atoms with van der Waals surface area (Å²) >= 11 is 2.99. The molecule has 274 valence electrons. The van der Waals surface area contributed by atoms with Crippen LogP contribution in [0.2, 0.25) is 0 Å². The number of hydrogen-bond donors (Lipinski definition) is 5. The van der Waals surface area contributed by atoms with Gasteiger partial charge in [0.05, 0.1) is 11.4 Å². The van der Waals surface area contributed by atoms with E-state index in [1.165, 1.54) is 16.1 Å². The van der Waals surface area contributed by atoms with Gasteiger partial charge in [0.2, 0.25) is 0 Å². The van der Waals surface area contributed by atoms with Gasteiger partial charge in [0.25, 0.3) is 10.2 Å². The summed E-state index contributed by atoms with van der Waals surface area (Å²) in [6.45, 7) is 1.54. The van der Waals surface area contributed by atoms with E-state index in [9.17, 15) is 30.0 Å². The van der Waals surface area contributed by atoms with Crippen molar-refractivity contribution in [2.75, 3.05) is 36.8 Å². The van der Waals surface area contributed by atoms with Gasteiger partial charge in [0.15, 0.2) is 10.3 Å². The molecule has 0 atom stereocenters. The van der Waals surface area contributed by atoms with E-state index in [0.717, 1.165) is 58.8 Å². The zero-order valence-corrected chi connectivity index (χ0v) is 30.8. The Morgan fingerprint density at radius 1 is 0.633 bits per heavy atom. The number of hydrogen-bond acceptors (Lipinski definition) is 12. The number of nitrogens with two attached hydrogens (primary N) is 1. The van der Waals surface area contributed by atoms with Crippen LogP contribution in [-0.4, -0.2) is 68.5 Å². The minimum Gasteiger partial charge on any atom is -0.362 e. The standard InChI is InChI=1S/C14H17F3N4O2S2.C13H19N5O2S2.2ClH/c15-14(16,17)25(22,23)20-9-4-1-3-8-19-13-21-12(10-24-13)11-6-2-5-7-18-11;14-22(19,20)17-9-4-1-3-8-16-13-18-12(10-21-13)11-6-2-5-7-15-11;;/h2,5-7,10,20H,1,3-4,8-9H2,(H,19,21);2,5-7,10,17H,1,3-4,8-9H2,(H,16,18)(H2,14,19,20);2*1H. The Morgan fingerprint density at radius 2 is 1.06 bits per heavy atom. The van der Waals surface area contributed by atoms with E-state index >= 15 is 0 Å². The number of nitrogens with zero attached hydrogens (tertiary/aromatic N) is 4. The summed E-state index contributed by atoms with van der Waals surface area (Å²) in [5, 5.41) is 16.7. The largest absolute Gasteiger partial charge is 0.511 e. The zero-order chi connectivity index (χ0) is 34.2. The number of thiazole rings is 2. The minimum atomic E-state index is -5.26. The fourth-order valence-corrected chi connectivity index (χ4v) is 6.19. The molecule has 0 aliphatic heterocycles. The smallest absolute Gasteiger partial charge is 0.362 e. The van der Waals surface area contributed by atoms with Crippen LogP contribution in [0.15, 0.2) is 59.6 Å². The third-order valence-electron chi connectivity index (χ3n) is 6.02. The average Bonchev–Trinajstić information content (AvgIpc) is 3.71. The molecule has 0 saturated heterocycles. The van der Waals surface area contributed by atoms with Gasteiger partial charge >= 0.3 is 15.5 Å². The second kappa shape index (κ2) is 22.2. The molecule has 4 aromatic heterocycles. The van der Waals surface area contributed by atoms with Crippen molar-refractivity contribution in [2.24, 2.45) is 5.14 Å². The van der Waals surface area contributed by atoms with Crippen molar-refractivity contribution < 1.29 is 30.0 Å². The van der Waals surface area contributed by atoms with Gasteiger partial charge in [-0.2, -0.15) is 21.6 Å².